The summed E-state index contributed by atoms with van der Waals surface area (Å²) in [4.78, 5) is 139. The average Bonchev–Trinajstić information content (AvgIpc) is 1.64. The van der Waals surface area contributed by atoms with Gasteiger partial charge in [-0.15, -0.1) is 90.7 Å². The highest BCUT2D eigenvalue weighted by Crippen LogP contribution is 2.48. The Morgan fingerprint density at radius 2 is 0.607 bits per heavy atom. The summed E-state index contributed by atoms with van der Waals surface area (Å²) in [6, 6.07) is 0. The van der Waals surface area contributed by atoms with Gasteiger partial charge in [0.1, 0.15) is 77.6 Å². The van der Waals surface area contributed by atoms with Crippen LogP contribution in [0, 0.1) is 33.6 Å². The number of nitrogens with one attached hydrogen (secondary N) is 8. The topological polar surface area (TPSA) is 632 Å². The van der Waals surface area contributed by atoms with Crippen LogP contribution in [0.2, 0.25) is 0 Å². The van der Waals surface area contributed by atoms with Gasteiger partial charge in [0.05, 0.1) is 91.6 Å². The van der Waals surface area contributed by atoms with E-state index in [-0.39, 0.29) is 102 Å². The summed E-state index contributed by atoms with van der Waals surface area (Å²) in [5.41, 5.74) is 1.85. The van der Waals surface area contributed by atoms with Crippen molar-refractivity contribution in [1.29, 1.82) is 0 Å². The lowest BCUT2D eigenvalue weighted by atomic mass is 10.0. The molecule has 150 heavy (non-hydrogen) atoms. The van der Waals surface area contributed by atoms with Crippen molar-refractivity contribution in [2.24, 2.45) is 5.92 Å². The van der Waals surface area contributed by atoms with Crippen LogP contribution in [0.25, 0.3) is 67.0 Å². The van der Waals surface area contributed by atoms with Crippen LogP contribution in [0.1, 0.15) is 126 Å². The number of aliphatic hydroxyl groups is 8. The molecule has 24 atom stereocenters. The SMILES string of the molecule is C=P(C)(C)CC[C@H]1OC(n2cnc3c(=O)[nH]c(C)nc32)[C@H](Br)[C@@H]1O.C=P(C)(C)CC[C@H]1OC(n2cnc3c(=O)[nH]c(C)nc32)[C@H](C)[C@@H]1O.C=P(C)(C)CC[C@H]1OC(n2cnc3c(=O)[nH]c(C)nc32)[C@H](Cl)[C@@H]1O.C=P(C)(C)CC[C@H]1OC(n2cnc3c(=O)[nH]c(C)nc32)[C@H](OC)[C@@H]1O.C=P(C)(C)CC[C@H]1OC(n2cnc3c(=O)[nH]c(NCC)nc32)[C@H](O)[C@@H]1O.C=P(C)(C)CC[C@H]1OC(n2cnc3c(=O)[nH]c(NCCC)nc32)[C@H](O)[C@@H]1O. The molecule has 0 aliphatic carbocycles. The molecule has 828 valence electrons. The first kappa shape index (κ1) is 119. The van der Waals surface area contributed by atoms with E-state index in [0.717, 1.165) is 56.2 Å². The molecule has 18 heterocycles. The van der Waals surface area contributed by atoms with Crippen molar-refractivity contribution in [3.63, 3.8) is 0 Å². The fourth-order valence-corrected chi connectivity index (χ4v) is 24.9. The number of fused-ring (bicyclic) bond motifs is 6. The lowest BCUT2D eigenvalue weighted by molar-refractivity contribution is -0.0496. The molecule has 47 nitrogen and oxygen atoms in total. The summed E-state index contributed by atoms with van der Waals surface area (Å²) in [7, 11) is 1.54. The molecule has 6 aliphatic rings. The van der Waals surface area contributed by atoms with Crippen molar-refractivity contribution in [1.82, 2.24) is 117 Å². The van der Waals surface area contributed by atoms with E-state index >= 15 is 0 Å². The van der Waals surface area contributed by atoms with Crippen molar-refractivity contribution >= 4 is 186 Å². The number of imidazole rings is 6. The number of halogens is 2. The Bertz CT molecular complexity index is 7130. The highest BCUT2D eigenvalue weighted by molar-refractivity contribution is 9.09. The number of nitrogens with zero attached hydrogens (tertiary/aromatic N) is 18. The average molecular weight is 2290 g/mol. The van der Waals surface area contributed by atoms with Gasteiger partial charge < -0.3 is 105 Å². The maximum Gasteiger partial charge on any atom is 0.280 e. The minimum atomic E-state index is -1.27. The van der Waals surface area contributed by atoms with Gasteiger partial charge in [-0.05, 0) is 197 Å². The van der Waals surface area contributed by atoms with Gasteiger partial charge in [0.15, 0.2) is 98.1 Å². The lowest BCUT2D eigenvalue weighted by Gasteiger charge is -2.20. The molecule has 55 heteroatoms. The van der Waals surface area contributed by atoms with Gasteiger partial charge in [-0.25, -0.2) is 49.8 Å². The Labute approximate surface area is 880 Å². The summed E-state index contributed by atoms with van der Waals surface area (Å²) in [6.45, 7) is 32.4. The number of hydrogen-bond acceptors (Lipinski definition) is 35. The number of hydrogen-bond donors (Lipinski definition) is 16. The fourth-order valence-electron chi connectivity index (χ4n) is 18.2. The number of aryl methyl sites for hydroxylation is 4. The predicted octanol–water partition coefficient (Wildman–Crippen LogP) is 6.09. The molecule has 12 aromatic rings. The standard InChI is InChI=1S/C17H28N5O4P.C16H26N5O4P.C16H25N4O4P.C16H25N4O3P.C15H22BrN4O3P.C15H22ClN4O3P/c1-5-7-18-17-20-14-11(15(25)21-17)19-9-22(14)16-13(24)12(23)10(26-16)6-8-27(2,3)4;1-5-17-16-19-13-10(14(24)20-16)18-8-21(13)15-12(23)11(22)9(25-15)6-7-26(2,3)4;1-9-18-14-11(15(22)19-9)17-8-20(14)16-13(23-2)12(21)10(24-16)6-7-25(3,4)5;1-9-13(21)11(6-7-24(3,4)5)23-16(9)20-8-17-12-14(20)18-10(2)19-15(12)22;2*1-8-18-13-11(14(22)19-8)17-7-20(13)15-10(16)12(21)9(23-15)5-6-24(2,3)4/h9-10,12-13,16,23-24H,2,5-8H2,1,3-4H3,(H2,18,20,21,25);8-9,11-12,15,22-23H,2,5-7H2,1,3-4H3,(H2,17,19,20,24);8,10,12-13,16,21H,3,6-7H2,1-2,4-5H3,(H,18,19,22);8-9,11,13,16,21H,3,6-7H2,1-2,4-5H3,(H,18,19,22);2*7,9-10,12,15,21H,2,5-6H2,1,3-4H3,(H,18,19,22)/t10-,12-,13-,16?;9-,11-,12-,15?;10-,12-,13-,16?;9-,11-,13+,16?;2*9-,10-,12-,15?/m111111/s1. The monoisotopic (exact) mass is 2290 g/mol. The Kier molecular flexibility index (Phi) is 38.4. The van der Waals surface area contributed by atoms with E-state index in [9.17, 15) is 69.6 Å². The maximum atomic E-state index is 12.2. The van der Waals surface area contributed by atoms with Gasteiger partial charge in [-0.2, -0.15) is 9.97 Å². The molecule has 18 rings (SSSR count). The second-order valence-corrected chi connectivity index (χ2v) is 70.8. The summed E-state index contributed by atoms with van der Waals surface area (Å²) < 4.78 is 51.4. The van der Waals surface area contributed by atoms with Crippen molar-refractivity contribution in [3.8, 4) is 0 Å². The second-order valence-electron chi connectivity index (χ2n) is 43.3. The van der Waals surface area contributed by atoms with E-state index < -0.39 is 145 Å². The number of aliphatic hydroxyl groups excluding tert-OH is 8. The first-order valence-electron chi connectivity index (χ1n) is 49.5. The van der Waals surface area contributed by atoms with E-state index in [1.165, 1.54) is 41.6 Å². The molecule has 6 saturated heterocycles. The summed E-state index contributed by atoms with van der Waals surface area (Å²) in [5.74, 6) is 2.56. The third-order valence-electron chi connectivity index (χ3n) is 26.2. The molecule has 0 bridgehead atoms. The summed E-state index contributed by atoms with van der Waals surface area (Å²) >= 11 is 9.93. The van der Waals surface area contributed by atoms with Gasteiger partial charge in [-0.3, -0.25) is 66.1 Å². The molecule has 0 amide bonds. The van der Waals surface area contributed by atoms with E-state index in [4.69, 9.17) is 44.8 Å². The smallest absolute Gasteiger partial charge is 0.280 e. The van der Waals surface area contributed by atoms with Crippen molar-refractivity contribution < 1.29 is 74.0 Å². The first-order chi connectivity index (χ1) is 70.1. The van der Waals surface area contributed by atoms with Crippen LogP contribution in [-0.4, -0.2) is 435 Å². The molecule has 0 aromatic carbocycles. The number of H-pyrrole nitrogens is 6. The Balaban J connectivity index is 0.000000150. The lowest BCUT2D eigenvalue weighted by Crippen LogP contribution is -2.33. The Morgan fingerprint density at radius 3 is 0.933 bits per heavy atom. The van der Waals surface area contributed by atoms with Gasteiger partial charge >= 0.3 is 0 Å². The minimum Gasteiger partial charge on any atom is -0.390 e. The molecule has 0 radical (unpaired) electrons. The van der Waals surface area contributed by atoms with E-state index in [2.05, 4.69) is 234 Å². The van der Waals surface area contributed by atoms with Crippen LogP contribution >= 0.6 is 68.8 Å². The zero-order valence-electron chi connectivity index (χ0n) is 88.5. The van der Waals surface area contributed by atoms with Crippen molar-refractivity contribution in [3.05, 3.63) is 123 Å². The number of anilines is 2. The molecular formula is C95H148BrClN26O21P6. The quantitative estimate of drug-likeness (QED) is 0.0179. The largest absolute Gasteiger partial charge is 0.390 e. The number of aromatic nitrogens is 24. The molecule has 0 spiro atoms. The van der Waals surface area contributed by atoms with Crippen molar-refractivity contribution in [2.75, 3.05) is 148 Å². The Morgan fingerprint density at radius 1 is 0.353 bits per heavy atom. The van der Waals surface area contributed by atoms with Crippen LogP contribution in [0.15, 0.2) is 66.7 Å². The zero-order valence-corrected chi connectivity index (χ0v) is 96.3. The van der Waals surface area contributed by atoms with E-state index in [1.54, 1.807) is 58.6 Å². The van der Waals surface area contributed by atoms with Crippen LogP contribution < -0.4 is 44.0 Å². The van der Waals surface area contributed by atoms with Gasteiger partial charge in [-0.1, -0.05) is 29.8 Å². The number of rotatable bonds is 30. The van der Waals surface area contributed by atoms with Gasteiger partial charge in [0.25, 0.3) is 33.4 Å². The maximum absolute atomic E-state index is 12.2. The normalized spacial score (nSPS) is 27.2. The van der Waals surface area contributed by atoms with E-state index in [1.807, 2.05) is 20.8 Å². The summed E-state index contributed by atoms with van der Waals surface area (Å²) in [6.07, 6.45) is 31.0. The molecule has 6 aliphatic heterocycles. The zero-order chi connectivity index (χ0) is 110. The number of alkyl halides is 2. The number of aromatic amines is 6. The molecular weight excluding hydrogens is 2140 g/mol. The third kappa shape index (κ3) is 28.6. The van der Waals surface area contributed by atoms with Crippen LogP contribution in [-0.2, 0) is 33.2 Å². The molecule has 6 fully saturated rings. The molecule has 16 N–H and O–H groups in total. The highest BCUT2D eigenvalue weighted by atomic mass is 79.9. The Hall–Kier alpha value is -8.33. The predicted molar refractivity (Wildman–Crippen MR) is 607 cm³/mol. The van der Waals surface area contributed by atoms with E-state index in [0.29, 0.717) is 113 Å². The van der Waals surface area contributed by atoms with Crippen LogP contribution in [0.4, 0.5) is 11.9 Å². The minimum absolute atomic E-state index is 0.111. The highest BCUT2D eigenvalue weighted by Gasteiger charge is 2.51. The molecule has 6 unspecified atom stereocenters. The second kappa shape index (κ2) is 48.6. The summed E-state index contributed by atoms with van der Waals surface area (Å²) in [5, 5.41) is 89.2. The van der Waals surface area contributed by atoms with Crippen LogP contribution in [0.3, 0.4) is 0 Å². The van der Waals surface area contributed by atoms with Crippen molar-refractivity contribution in [2.45, 2.75) is 233 Å². The third-order valence-corrected chi connectivity index (χ3v) is 36.5. The molecule has 0 saturated carbocycles. The number of ether oxygens (including phenoxy) is 7. The first-order valence-corrected chi connectivity index (χ1v) is 69.2. The molecule has 12 aromatic heterocycles. The van der Waals surface area contributed by atoms with Gasteiger partial charge in [0.2, 0.25) is 11.9 Å². The fraction of sp³-hybridized carbons (Fsp3) is 0.621. The van der Waals surface area contributed by atoms with Crippen LogP contribution in [0.5, 0.6) is 0 Å². The number of methoxy groups -OCH3 is 1. The van der Waals surface area contributed by atoms with Gasteiger partial charge in [0, 0.05) is 26.1 Å².